The van der Waals surface area contributed by atoms with Gasteiger partial charge in [0, 0.05) is 34.1 Å². The van der Waals surface area contributed by atoms with E-state index in [0.717, 1.165) is 47.4 Å². The fourth-order valence-electron chi connectivity index (χ4n) is 5.11. The summed E-state index contributed by atoms with van der Waals surface area (Å²) in [6.07, 6.45) is 5.06. The minimum absolute atomic E-state index is 0.0223. The summed E-state index contributed by atoms with van der Waals surface area (Å²) in [6.45, 7) is 1.24. The van der Waals surface area contributed by atoms with Crippen molar-refractivity contribution in [2.24, 2.45) is 0 Å². The summed E-state index contributed by atoms with van der Waals surface area (Å²) in [5.74, 6) is -0.862. The van der Waals surface area contributed by atoms with Gasteiger partial charge in [-0.3, -0.25) is 13.9 Å². The van der Waals surface area contributed by atoms with E-state index in [4.69, 9.17) is 34.8 Å². The molecule has 0 aliphatic heterocycles. The number of amides is 2. The second-order valence-corrected chi connectivity index (χ2v) is 13.8. The van der Waals surface area contributed by atoms with E-state index in [0.29, 0.717) is 20.6 Å². The van der Waals surface area contributed by atoms with E-state index in [-0.39, 0.29) is 30.6 Å². The number of carbonyl (C=O) groups excluding carboxylic acids is 2. The highest BCUT2D eigenvalue weighted by Crippen LogP contribution is 2.28. The number of sulfonamides is 1. The number of rotatable bonds is 11. The highest BCUT2D eigenvalue weighted by molar-refractivity contribution is 7.92. The Morgan fingerprint density at radius 3 is 2.26 bits per heavy atom. The SMILES string of the molecule is Cc1ccc(N(CC(=O)N(Cc2ccc(Cl)cc2Cl)C(Cc2ccccc2)C(=O)NC2CCCC2)S(C)(=O)=O)cc1Cl. The number of hydrogen-bond donors (Lipinski definition) is 1. The number of benzene rings is 3. The third kappa shape index (κ3) is 8.40. The maximum absolute atomic E-state index is 14.2. The lowest BCUT2D eigenvalue weighted by Gasteiger charge is -2.34. The predicted octanol–water partition coefficient (Wildman–Crippen LogP) is 6.42. The van der Waals surface area contributed by atoms with E-state index in [1.54, 1.807) is 37.3 Å². The largest absolute Gasteiger partial charge is 0.352 e. The Morgan fingerprint density at radius 1 is 0.952 bits per heavy atom. The van der Waals surface area contributed by atoms with Gasteiger partial charge in [-0.15, -0.1) is 0 Å². The summed E-state index contributed by atoms with van der Waals surface area (Å²) in [5, 5.41) is 4.27. The Morgan fingerprint density at radius 2 is 1.64 bits per heavy atom. The van der Waals surface area contributed by atoms with Gasteiger partial charge in [-0.25, -0.2) is 8.42 Å². The highest BCUT2D eigenvalue weighted by atomic mass is 35.5. The number of carbonyl (C=O) groups is 2. The van der Waals surface area contributed by atoms with Gasteiger partial charge in [0.15, 0.2) is 0 Å². The average Bonchev–Trinajstić information content (AvgIpc) is 3.45. The van der Waals surface area contributed by atoms with E-state index < -0.39 is 28.5 Å². The monoisotopic (exact) mass is 649 g/mol. The van der Waals surface area contributed by atoms with E-state index in [2.05, 4.69) is 5.32 Å². The molecule has 11 heteroatoms. The van der Waals surface area contributed by atoms with Crippen molar-refractivity contribution in [2.75, 3.05) is 17.1 Å². The molecule has 0 heterocycles. The molecule has 0 aromatic heterocycles. The maximum atomic E-state index is 14.2. The molecule has 1 atom stereocenters. The quantitative estimate of drug-likeness (QED) is 0.260. The molecule has 4 rings (SSSR count). The van der Waals surface area contributed by atoms with Crippen LogP contribution in [0.25, 0.3) is 0 Å². The summed E-state index contributed by atoms with van der Waals surface area (Å²) in [7, 11) is -3.90. The molecule has 0 spiro atoms. The molecule has 3 aromatic carbocycles. The zero-order valence-electron chi connectivity index (χ0n) is 23.5. The Hall–Kier alpha value is -2.78. The van der Waals surface area contributed by atoms with Crippen LogP contribution in [0, 0.1) is 6.92 Å². The Kier molecular flexibility index (Phi) is 10.8. The van der Waals surface area contributed by atoms with E-state index in [9.17, 15) is 18.0 Å². The van der Waals surface area contributed by atoms with E-state index in [1.165, 1.54) is 11.0 Å². The summed E-state index contributed by atoms with van der Waals surface area (Å²) in [6, 6.07) is 18.2. The van der Waals surface area contributed by atoms with Crippen molar-refractivity contribution in [3.8, 4) is 0 Å². The van der Waals surface area contributed by atoms with Gasteiger partial charge >= 0.3 is 0 Å². The summed E-state index contributed by atoms with van der Waals surface area (Å²) >= 11 is 19.0. The first kappa shape index (κ1) is 32.1. The number of nitrogens with one attached hydrogen (secondary N) is 1. The zero-order chi connectivity index (χ0) is 30.4. The van der Waals surface area contributed by atoms with Gasteiger partial charge < -0.3 is 10.2 Å². The van der Waals surface area contributed by atoms with Gasteiger partial charge in [-0.05, 0) is 60.7 Å². The number of halogens is 3. The molecule has 3 aromatic rings. The number of nitrogens with zero attached hydrogens (tertiary/aromatic N) is 2. The smallest absolute Gasteiger partial charge is 0.244 e. The van der Waals surface area contributed by atoms with Crippen LogP contribution in [0.2, 0.25) is 15.1 Å². The third-order valence-electron chi connectivity index (χ3n) is 7.45. The lowest BCUT2D eigenvalue weighted by molar-refractivity contribution is -0.140. The van der Waals surface area contributed by atoms with Gasteiger partial charge in [0.25, 0.3) is 0 Å². The molecule has 224 valence electrons. The summed E-state index contributed by atoms with van der Waals surface area (Å²) < 4.78 is 26.9. The molecule has 0 radical (unpaired) electrons. The Bertz CT molecular complexity index is 1530. The lowest BCUT2D eigenvalue weighted by atomic mass is 10.0. The summed E-state index contributed by atoms with van der Waals surface area (Å²) in [5.41, 5.74) is 2.45. The van der Waals surface area contributed by atoms with Crippen molar-refractivity contribution in [3.63, 3.8) is 0 Å². The van der Waals surface area contributed by atoms with Gasteiger partial charge in [0.2, 0.25) is 21.8 Å². The topological polar surface area (TPSA) is 86.8 Å². The van der Waals surface area contributed by atoms with Crippen LogP contribution in [-0.4, -0.2) is 50.0 Å². The fourth-order valence-corrected chi connectivity index (χ4v) is 6.59. The van der Waals surface area contributed by atoms with E-state index in [1.807, 2.05) is 30.3 Å². The minimum atomic E-state index is -3.90. The lowest BCUT2D eigenvalue weighted by Crippen LogP contribution is -2.54. The zero-order valence-corrected chi connectivity index (χ0v) is 26.6. The van der Waals surface area contributed by atoms with Crippen LogP contribution in [-0.2, 0) is 32.6 Å². The summed E-state index contributed by atoms with van der Waals surface area (Å²) in [4.78, 5) is 29.5. The highest BCUT2D eigenvalue weighted by Gasteiger charge is 2.34. The van der Waals surface area contributed by atoms with Crippen LogP contribution in [0.15, 0.2) is 66.7 Å². The fraction of sp³-hybridized carbons (Fsp3) is 0.355. The van der Waals surface area contributed by atoms with Crippen LogP contribution < -0.4 is 9.62 Å². The van der Waals surface area contributed by atoms with Crippen molar-refractivity contribution in [2.45, 2.75) is 57.7 Å². The van der Waals surface area contributed by atoms with E-state index >= 15 is 0 Å². The molecule has 1 N–H and O–H groups in total. The normalized spacial score (nSPS) is 14.4. The van der Waals surface area contributed by atoms with Gasteiger partial charge in [-0.1, -0.05) is 90.1 Å². The van der Waals surface area contributed by atoms with Crippen LogP contribution in [0.1, 0.15) is 42.4 Å². The first-order chi connectivity index (χ1) is 19.9. The van der Waals surface area contributed by atoms with Crippen LogP contribution >= 0.6 is 34.8 Å². The van der Waals surface area contributed by atoms with Crippen LogP contribution in [0.4, 0.5) is 5.69 Å². The van der Waals surface area contributed by atoms with Crippen LogP contribution in [0.5, 0.6) is 0 Å². The van der Waals surface area contributed by atoms with Crippen molar-refractivity contribution in [3.05, 3.63) is 98.5 Å². The predicted molar refractivity (Wildman–Crippen MR) is 170 cm³/mol. The minimum Gasteiger partial charge on any atom is -0.352 e. The molecule has 7 nitrogen and oxygen atoms in total. The molecule has 1 saturated carbocycles. The Balaban J connectivity index is 1.75. The molecule has 1 aliphatic rings. The van der Waals surface area contributed by atoms with Crippen LogP contribution in [0.3, 0.4) is 0 Å². The van der Waals surface area contributed by atoms with Gasteiger partial charge in [0.05, 0.1) is 11.9 Å². The first-order valence-electron chi connectivity index (χ1n) is 13.7. The molecule has 0 bridgehead atoms. The molecule has 1 aliphatic carbocycles. The van der Waals surface area contributed by atoms with Crippen molar-refractivity contribution in [1.82, 2.24) is 10.2 Å². The molecular formula is C31H34Cl3N3O4S. The molecule has 2 amide bonds. The average molecular weight is 651 g/mol. The maximum Gasteiger partial charge on any atom is 0.244 e. The number of aryl methyl sites for hydroxylation is 1. The molecule has 1 fully saturated rings. The Labute approximate surface area is 262 Å². The third-order valence-corrected chi connectivity index (χ3v) is 9.59. The van der Waals surface area contributed by atoms with Crippen molar-refractivity contribution >= 4 is 62.3 Å². The van der Waals surface area contributed by atoms with Crippen molar-refractivity contribution < 1.29 is 18.0 Å². The molecule has 42 heavy (non-hydrogen) atoms. The number of anilines is 1. The van der Waals surface area contributed by atoms with Gasteiger partial charge in [-0.2, -0.15) is 0 Å². The first-order valence-corrected chi connectivity index (χ1v) is 16.7. The van der Waals surface area contributed by atoms with Crippen molar-refractivity contribution in [1.29, 1.82) is 0 Å². The van der Waals surface area contributed by atoms with Gasteiger partial charge in [0.1, 0.15) is 12.6 Å². The molecule has 0 saturated heterocycles. The molecular weight excluding hydrogens is 617 g/mol. The second-order valence-electron chi connectivity index (χ2n) is 10.7. The standard InChI is InChI=1S/C31H34Cl3N3O4S/c1-21-12-15-26(18-27(21)33)37(42(2,40)41)20-30(38)36(19-23-13-14-24(32)17-28(23)34)29(16-22-8-4-3-5-9-22)31(39)35-25-10-6-7-11-25/h3-5,8-9,12-15,17-18,25,29H,6-7,10-11,16,19-20H2,1-2H3,(H,35,39). The number of hydrogen-bond acceptors (Lipinski definition) is 4. The second kappa shape index (κ2) is 14.1. The molecule has 1 unspecified atom stereocenters.